The van der Waals surface area contributed by atoms with E-state index in [1.165, 1.54) is 12.1 Å². The lowest BCUT2D eigenvalue weighted by Gasteiger charge is -2.09. The number of sulfonamides is 2. The number of nitrogens with one attached hydrogen (secondary N) is 2. The molecule has 0 heterocycles. The summed E-state index contributed by atoms with van der Waals surface area (Å²) < 4.78 is 50.9. The van der Waals surface area contributed by atoms with Crippen LogP contribution in [-0.2, 0) is 20.0 Å². The Morgan fingerprint density at radius 3 is 2.35 bits per heavy atom. The zero-order valence-corrected chi connectivity index (χ0v) is 14.0. The second-order valence-electron chi connectivity index (χ2n) is 4.10. The summed E-state index contributed by atoms with van der Waals surface area (Å²) in [6.07, 6.45) is 1.37. The van der Waals surface area contributed by atoms with Crippen LogP contribution in [0.4, 0.5) is 5.69 Å². The highest BCUT2D eigenvalue weighted by Gasteiger charge is 2.17. The van der Waals surface area contributed by atoms with Gasteiger partial charge in [0.2, 0.25) is 20.0 Å². The zero-order valence-electron chi connectivity index (χ0n) is 10.8. The topological polar surface area (TPSA) is 118 Å². The number of hydrogen-bond donors (Lipinski definition) is 3. The van der Waals surface area contributed by atoms with Crippen LogP contribution in [0.25, 0.3) is 0 Å². The molecular weight excluding hydrogens is 370 g/mol. The first-order chi connectivity index (χ1) is 9.12. The van der Waals surface area contributed by atoms with Gasteiger partial charge in [0.1, 0.15) is 4.90 Å². The molecule has 20 heavy (non-hydrogen) atoms. The Hall–Kier alpha value is -0.680. The third-order valence-electron chi connectivity index (χ3n) is 2.28. The SMILES string of the molecule is CS(=O)(=O)NCCCNS(=O)(=O)c1cc(Br)ccc1N. The maximum Gasteiger partial charge on any atom is 0.242 e. The highest BCUT2D eigenvalue weighted by Crippen LogP contribution is 2.22. The van der Waals surface area contributed by atoms with Gasteiger partial charge in [0.15, 0.2) is 0 Å². The summed E-state index contributed by atoms with van der Waals surface area (Å²) in [4.78, 5) is -0.0112. The van der Waals surface area contributed by atoms with Crippen molar-refractivity contribution < 1.29 is 16.8 Å². The summed E-state index contributed by atoms with van der Waals surface area (Å²) >= 11 is 3.18. The van der Waals surface area contributed by atoms with Crippen molar-refractivity contribution in [2.24, 2.45) is 0 Å². The minimum atomic E-state index is -3.71. The Bertz CT molecular complexity index is 674. The van der Waals surface area contributed by atoms with Crippen LogP contribution in [0.3, 0.4) is 0 Å². The van der Waals surface area contributed by atoms with E-state index in [1.54, 1.807) is 6.07 Å². The van der Waals surface area contributed by atoms with E-state index in [1.807, 2.05) is 0 Å². The van der Waals surface area contributed by atoms with E-state index in [-0.39, 0.29) is 23.7 Å². The van der Waals surface area contributed by atoms with Crippen LogP contribution >= 0.6 is 15.9 Å². The lowest BCUT2D eigenvalue weighted by atomic mass is 10.3. The van der Waals surface area contributed by atoms with Gasteiger partial charge in [0, 0.05) is 17.6 Å². The quantitative estimate of drug-likeness (QED) is 0.459. The van der Waals surface area contributed by atoms with Crippen molar-refractivity contribution in [3.63, 3.8) is 0 Å². The third-order valence-corrected chi connectivity index (χ3v) is 5.01. The van der Waals surface area contributed by atoms with Crippen molar-refractivity contribution >= 4 is 41.7 Å². The van der Waals surface area contributed by atoms with Crippen LogP contribution in [0.1, 0.15) is 6.42 Å². The number of nitrogens with two attached hydrogens (primary N) is 1. The summed E-state index contributed by atoms with van der Waals surface area (Å²) in [5.41, 5.74) is 5.78. The number of hydrogen-bond acceptors (Lipinski definition) is 5. The fraction of sp³-hybridized carbons (Fsp3) is 0.400. The zero-order chi connectivity index (χ0) is 15.4. The summed E-state index contributed by atoms with van der Waals surface area (Å²) in [6, 6.07) is 4.54. The molecule has 0 aliphatic rings. The van der Waals surface area contributed by atoms with E-state index in [0.29, 0.717) is 10.9 Å². The highest BCUT2D eigenvalue weighted by atomic mass is 79.9. The molecule has 1 aromatic rings. The molecule has 0 saturated carbocycles. The Kier molecular flexibility index (Phi) is 5.95. The minimum Gasteiger partial charge on any atom is -0.398 e. The van der Waals surface area contributed by atoms with Gasteiger partial charge in [-0.2, -0.15) is 0 Å². The molecule has 0 aliphatic carbocycles. The molecule has 0 bridgehead atoms. The van der Waals surface area contributed by atoms with Crippen LogP contribution in [0.5, 0.6) is 0 Å². The number of halogens is 1. The molecule has 0 radical (unpaired) electrons. The smallest absolute Gasteiger partial charge is 0.242 e. The Labute approximate surface area is 127 Å². The Morgan fingerprint density at radius 2 is 1.75 bits per heavy atom. The van der Waals surface area contributed by atoms with E-state index in [0.717, 1.165) is 6.26 Å². The highest BCUT2D eigenvalue weighted by molar-refractivity contribution is 9.10. The second kappa shape index (κ2) is 6.85. The predicted molar refractivity (Wildman–Crippen MR) is 81.2 cm³/mol. The average molecular weight is 386 g/mol. The molecule has 0 unspecified atom stereocenters. The first-order valence-corrected chi connectivity index (χ1v) is 9.78. The van der Waals surface area contributed by atoms with Gasteiger partial charge in [-0.3, -0.25) is 0 Å². The molecule has 1 aromatic carbocycles. The normalized spacial score (nSPS) is 12.5. The molecular formula is C10H16BrN3O4S2. The monoisotopic (exact) mass is 385 g/mol. The van der Waals surface area contributed by atoms with E-state index in [9.17, 15) is 16.8 Å². The number of benzene rings is 1. The van der Waals surface area contributed by atoms with Crippen molar-refractivity contribution in [1.29, 1.82) is 0 Å². The molecule has 0 spiro atoms. The average Bonchev–Trinajstić information content (AvgIpc) is 2.30. The summed E-state index contributed by atoms with van der Waals surface area (Å²) in [5, 5.41) is 0. The van der Waals surface area contributed by atoms with Crippen molar-refractivity contribution in [1.82, 2.24) is 9.44 Å². The van der Waals surface area contributed by atoms with Gasteiger partial charge in [0.25, 0.3) is 0 Å². The van der Waals surface area contributed by atoms with Gasteiger partial charge in [-0.25, -0.2) is 26.3 Å². The van der Waals surface area contributed by atoms with Gasteiger partial charge in [-0.05, 0) is 24.6 Å². The maximum atomic E-state index is 12.0. The van der Waals surface area contributed by atoms with Crippen LogP contribution in [0.2, 0.25) is 0 Å². The van der Waals surface area contributed by atoms with Crippen LogP contribution < -0.4 is 15.2 Å². The summed E-state index contributed by atoms with van der Waals surface area (Å²) in [6.45, 7) is 0.270. The van der Waals surface area contributed by atoms with Gasteiger partial charge >= 0.3 is 0 Å². The van der Waals surface area contributed by atoms with E-state index < -0.39 is 20.0 Å². The first-order valence-electron chi connectivity index (χ1n) is 5.61. The molecule has 114 valence electrons. The van der Waals surface area contributed by atoms with Crippen LogP contribution in [0.15, 0.2) is 27.6 Å². The Morgan fingerprint density at radius 1 is 1.15 bits per heavy atom. The standard InChI is InChI=1S/C10H16BrN3O4S2/c1-19(15,16)13-5-2-6-14-20(17,18)10-7-8(11)3-4-9(10)12/h3-4,7,13-14H,2,5-6,12H2,1H3. The van der Waals surface area contributed by atoms with Crippen LogP contribution in [-0.4, -0.2) is 36.2 Å². The lowest BCUT2D eigenvalue weighted by molar-refractivity contribution is 0.575. The predicted octanol–water partition coefficient (Wildman–Crippen LogP) is 0.249. The molecule has 0 saturated heterocycles. The molecule has 0 aromatic heterocycles. The van der Waals surface area contributed by atoms with E-state index in [4.69, 9.17) is 5.73 Å². The fourth-order valence-corrected chi connectivity index (χ4v) is 3.63. The largest absolute Gasteiger partial charge is 0.398 e. The second-order valence-corrected chi connectivity index (χ2v) is 8.58. The van der Waals surface area contributed by atoms with Crippen molar-refractivity contribution in [2.75, 3.05) is 25.1 Å². The van der Waals surface area contributed by atoms with Gasteiger partial charge in [-0.15, -0.1) is 0 Å². The first kappa shape index (κ1) is 17.4. The number of rotatable bonds is 7. The fourth-order valence-electron chi connectivity index (χ4n) is 1.37. The molecule has 1 rings (SSSR count). The third kappa shape index (κ3) is 5.75. The van der Waals surface area contributed by atoms with E-state index >= 15 is 0 Å². The van der Waals surface area contributed by atoms with Crippen molar-refractivity contribution in [3.8, 4) is 0 Å². The molecule has 0 atom stereocenters. The van der Waals surface area contributed by atoms with Gasteiger partial charge < -0.3 is 5.73 Å². The molecule has 0 amide bonds. The summed E-state index contributed by atoms with van der Waals surface area (Å²) in [7, 11) is -6.97. The van der Waals surface area contributed by atoms with Crippen LogP contribution in [0, 0.1) is 0 Å². The van der Waals surface area contributed by atoms with Crippen molar-refractivity contribution in [3.05, 3.63) is 22.7 Å². The molecule has 0 aliphatic heterocycles. The van der Waals surface area contributed by atoms with Gasteiger partial charge in [-0.1, -0.05) is 15.9 Å². The minimum absolute atomic E-state index is 0.0112. The molecule has 4 N–H and O–H groups in total. The molecule has 10 heteroatoms. The summed E-state index contributed by atoms with van der Waals surface area (Å²) in [5.74, 6) is 0. The number of nitrogen functional groups attached to an aromatic ring is 1. The number of anilines is 1. The molecule has 0 fully saturated rings. The van der Waals surface area contributed by atoms with E-state index in [2.05, 4.69) is 25.4 Å². The van der Waals surface area contributed by atoms with Gasteiger partial charge in [0.05, 0.1) is 11.9 Å². The van der Waals surface area contributed by atoms with Crippen molar-refractivity contribution in [2.45, 2.75) is 11.3 Å². The molecule has 7 nitrogen and oxygen atoms in total. The Balaban J connectivity index is 2.60. The lowest BCUT2D eigenvalue weighted by Crippen LogP contribution is -2.29. The maximum absolute atomic E-state index is 12.0.